The number of nitrogens with zero attached hydrogens (tertiary/aromatic N) is 2. The van der Waals surface area contributed by atoms with Gasteiger partial charge in [-0.15, -0.1) is 12.4 Å². The number of sulfonamides is 1. The number of hydrogen-bond donors (Lipinski definition) is 2. The minimum Gasteiger partial charge on any atom is -0.328 e. The molecule has 1 aromatic heterocycles. The molecule has 6 nitrogen and oxygen atoms in total. The molecule has 1 fully saturated rings. The third kappa shape index (κ3) is 2.54. The van der Waals surface area contributed by atoms with Crippen LogP contribution < -0.4 is 10.5 Å². The molecular weight excluding hydrogens is 252 g/mol. The molecule has 1 aliphatic rings. The van der Waals surface area contributed by atoms with E-state index in [1.165, 1.54) is 16.9 Å². The molecule has 0 atom stereocenters. The Balaban J connectivity index is 0.00000128. The van der Waals surface area contributed by atoms with Gasteiger partial charge >= 0.3 is 0 Å². The second kappa shape index (κ2) is 4.70. The number of rotatable bonds is 3. The van der Waals surface area contributed by atoms with Gasteiger partial charge in [0.05, 0.1) is 6.20 Å². The van der Waals surface area contributed by atoms with E-state index in [4.69, 9.17) is 5.73 Å². The molecule has 1 saturated carbocycles. The molecule has 8 heteroatoms. The first-order valence-corrected chi connectivity index (χ1v) is 6.23. The summed E-state index contributed by atoms with van der Waals surface area (Å²) >= 11 is 0. The van der Waals surface area contributed by atoms with Crippen LogP contribution in [0.3, 0.4) is 0 Å². The standard InChI is InChI=1S/C8H14N4O2S.ClH/c1-12-8(2-3-10-12)15(13,14)11-7-4-6(9)5-7;/h2-3,6-7,11H,4-5,9H2,1H3;1H. The zero-order chi connectivity index (χ0) is 11.1. The lowest BCUT2D eigenvalue weighted by Crippen LogP contribution is -2.50. The Morgan fingerprint density at radius 3 is 2.62 bits per heavy atom. The zero-order valence-electron chi connectivity index (χ0n) is 8.83. The summed E-state index contributed by atoms with van der Waals surface area (Å²) in [5.74, 6) is 0. The third-order valence-electron chi connectivity index (χ3n) is 2.55. The van der Waals surface area contributed by atoms with Crippen LogP contribution in [0.15, 0.2) is 17.3 Å². The molecule has 1 heterocycles. The summed E-state index contributed by atoms with van der Waals surface area (Å²) < 4.78 is 27.6. The summed E-state index contributed by atoms with van der Waals surface area (Å²) in [7, 11) is -1.84. The highest BCUT2D eigenvalue weighted by molar-refractivity contribution is 7.89. The number of nitrogens with one attached hydrogen (secondary N) is 1. The molecule has 0 aliphatic heterocycles. The van der Waals surface area contributed by atoms with Crippen LogP contribution in [-0.4, -0.2) is 30.3 Å². The summed E-state index contributed by atoms with van der Waals surface area (Å²) in [6.45, 7) is 0. The number of aromatic nitrogens is 2. The summed E-state index contributed by atoms with van der Waals surface area (Å²) in [4.78, 5) is 0. The summed E-state index contributed by atoms with van der Waals surface area (Å²) in [6.07, 6.45) is 2.87. The number of aryl methyl sites for hydroxylation is 1. The molecule has 0 aromatic carbocycles. The molecule has 0 unspecified atom stereocenters. The van der Waals surface area contributed by atoms with Gasteiger partial charge in [0.15, 0.2) is 5.03 Å². The maximum atomic E-state index is 11.8. The summed E-state index contributed by atoms with van der Waals surface area (Å²) in [6, 6.07) is 1.57. The molecule has 0 bridgehead atoms. The Kier molecular flexibility index (Phi) is 3.95. The molecule has 16 heavy (non-hydrogen) atoms. The van der Waals surface area contributed by atoms with Crippen LogP contribution in [0.1, 0.15) is 12.8 Å². The molecule has 2 rings (SSSR count). The molecule has 0 radical (unpaired) electrons. The van der Waals surface area contributed by atoms with Gasteiger partial charge in [-0.2, -0.15) is 5.10 Å². The third-order valence-corrected chi connectivity index (χ3v) is 4.14. The Bertz CT molecular complexity index is 452. The fraction of sp³-hybridized carbons (Fsp3) is 0.625. The van der Waals surface area contributed by atoms with Crippen LogP contribution in [0.2, 0.25) is 0 Å². The SMILES string of the molecule is Cl.Cn1nccc1S(=O)(=O)NC1CC(N)C1. The fourth-order valence-electron chi connectivity index (χ4n) is 1.66. The Morgan fingerprint density at radius 1 is 1.56 bits per heavy atom. The molecule has 0 spiro atoms. The predicted octanol–water partition coefficient (Wildman–Crippen LogP) is -0.390. The highest BCUT2D eigenvalue weighted by Gasteiger charge is 2.31. The van der Waals surface area contributed by atoms with Crippen LogP contribution >= 0.6 is 12.4 Å². The van der Waals surface area contributed by atoms with Crippen molar-refractivity contribution in [1.82, 2.24) is 14.5 Å². The first kappa shape index (κ1) is 13.4. The van der Waals surface area contributed by atoms with Crippen molar-refractivity contribution in [2.75, 3.05) is 0 Å². The maximum absolute atomic E-state index is 11.8. The van der Waals surface area contributed by atoms with E-state index in [2.05, 4.69) is 9.82 Å². The van der Waals surface area contributed by atoms with Gasteiger partial charge in [0, 0.05) is 19.1 Å². The monoisotopic (exact) mass is 266 g/mol. The smallest absolute Gasteiger partial charge is 0.257 e. The minimum absolute atomic E-state index is 0. The maximum Gasteiger partial charge on any atom is 0.257 e. The quantitative estimate of drug-likeness (QED) is 0.780. The van der Waals surface area contributed by atoms with Crippen molar-refractivity contribution in [3.8, 4) is 0 Å². The Hall–Kier alpha value is -0.630. The van der Waals surface area contributed by atoms with Gasteiger partial charge in [0.25, 0.3) is 10.0 Å². The molecule has 0 saturated heterocycles. The van der Waals surface area contributed by atoms with Gasteiger partial charge in [-0.05, 0) is 18.9 Å². The van der Waals surface area contributed by atoms with Gasteiger partial charge in [0.1, 0.15) is 0 Å². The molecule has 92 valence electrons. The Morgan fingerprint density at radius 2 is 2.19 bits per heavy atom. The highest BCUT2D eigenvalue weighted by Crippen LogP contribution is 2.20. The van der Waals surface area contributed by atoms with Gasteiger partial charge in [-0.1, -0.05) is 0 Å². The fourth-order valence-corrected chi connectivity index (χ4v) is 3.05. The summed E-state index contributed by atoms with van der Waals surface area (Å²) in [5, 5.41) is 4.01. The molecular formula is C8H15ClN4O2S. The average Bonchev–Trinajstić information content (AvgIpc) is 2.48. The lowest BCUT2D eigenvalue weighted by Gasteiger charge is -2.32. The van der Waals surface area contributed by atoms with E-state index in [-0.39, 0.29) is 29.5 Å². The number of nitrogens with two attached hydrogens (primary N) is 1. The topological polar surface area (TPSA) is 90.0 Å². The van der Waals surface area contributed by atoms with Crippen LogP contribution in [0.25, 0.3) is 0 Å². The van der Waals surface area contributed by atoms with Crippen LogP contribution in [0.5, 0.6) is 0 Å². The van der Waals surface area contributed by atoms with E-state index in [0.29, 0.717) is 12.8 Å². The average molecular weight is 267 g/mol. The van der Waals surface area contributed by atoms with E-state index in [0.717, 1.165) is 0 Å². The molecule has 3 N–H and O–H groups in total. The predicted molar refractivity (Wildman–Crippen MR) is 61.8 cm³/mol. The van der Waals surface area contributed by atoms with Crippen molar-refractivity contribution >= 4 is 22.4 Å². The zero-order valence-corrected chi connectivity index (χ0v) is 10.5. The van der Waals surface area contributed by atoms with Crippen molar-refractivity contribution in [1.29, 1.82) is 0 Å². The van der Waals surface area contributed by atoms with E-state index >= 15 is 0 Å². The van der Waals surface area contributed by atoms with Crippen molar-refractivity contribution in [2.24, 2.45) is 12.8 Å². The van der Waals surface area contributed by atoms with Crippen molar-refractivity contribution in [3.05, 3.63) is 12.3 Å². The van der Waals surface area contributed by atoms with Crippen LogP contribution in [0.4, 0.5) is 0 Å². The largest absolute Gasteiger partial charge is 0.328 e. The van der Waals surface area contributed by atoms with Crippen LogP contribution in [0, 0.1) is 0 Å². The lowest BCUT2D eigenvalue weighted by molar-refractivity contribution is 0.326. The second-order valence-electron chi connectivity index (χ2n) is 3.84. The second-order valence-corrected chi connectivity index (χ2v) is 5.50. The summed E-state index contributed by atoms with van der Waals surface area (Å²) in [5.41, 5.74) is 5.58. The first-order valence-electron chi connectivity index (χ1n) is 4.75. The van der Waals surface area contributed by atoms with Crippen molar-refractivity contribution in [2.45, 2.75) is 30.0 Å². The number of hydrogen-bond acceptors (Lipinski definition) is 4. The Labute approximate surface area is 101 Å². The van der Waals surface area contributed by atoms with Gasteiger partial charge < -0.3 is 5.73 Å². The minimum atomic E-state index is -3.44. The molecule has 1 aromatic rings. The highest BCUT2D eigenvalue weighted by atomic mass is 35.5. The van der Waals surface area contributed by atoms with E-state index in [9.17, 15) is 8.42 Å². The van der Waals surface area contributed by atoms with Crippen LogP contribution in [-0.2, 0) is 17.1 Å². The number of halogens is 1. The molecule has 1 aliphatic carbocycles. The van der Waals surface area contributed by atoms with Gasteiger partial charge in [-0.25, -0.2) is 13.1 Å². The van der Waals surface area contributed by atoms with Gasteiger partial charge in [0.2, 0.25) is 0 Å². The van der Waals surface area contributed by atoms with Gasteiger partial charge in [-0.3, -0.25) is 4.68 Å². The first-order chi connectivity index (χ1) is 6.99. The van der Waals surface area contributed by atoms with E-state index < -0.39 is 10.0 Å². The normalized spacial score (nSPS) is 24.6. The molecule has 0 amide bonds. The lowest BCUT2D eigenvalue weighted by atomic mass is 9.89. The van der Waals surface area contributed by atoms with Crippen molar-refractivity contribution < 1.29 is 8.42 Å². The van der Waals surface area contributed by atoms with E-state index in [1.807, 2.05) is 0 Å². The van der Waals surface area contributed by atoms with E-state index in [1.54, 1.807) is 7.05 Å². The van der Waals surface area contributed by atoms with Crippen molar-refractivity contribution in [3.63, 3.8) is 0 Å².